The number of anilines is 2. The minimum atomic E-state index is -0.990. The molecule has 1 amide bonds. The number of rotatable bonds is 5. The number of nitrogens with zero attached hydrogens (tertiary/aromatic N) is 4. The normalized spacial score (nSPS) is 9.83. The second-order valence-electron chi connectivity index (χ2n) is 6.97. The van der Waals surface area contributed by atoms with E-state index in [2.05, 4.69) is 32.2 Å². The van der Waals surface area contributed by atoms with Crippen molar-refractivity contribution in [2.45, 2.75) is 40.5 Å². The van der Waals surface area contributed by atoms with Crippen LogP contribution in [0.4, 0.5) is 10.3 Å². The molecule has 0 saturated carbocycles. The van der Waals surface area contributed by atoms with Gasteiger partial charge in [0.15, 0.2) is 10.3 Å². The fraction of sp³-hybridized carbons (Fsp3) is 0.250. The van der Waals surface area contributed by atoms with Crippen molar-refractivity contribution in [3.63, 3.8) is 0 Å². The van der Waals surface area contributed by atoms with Gasteiger partial charge in [0.2, 0.25) is 0 Å². The van der Waals surface area contributed by atoms with E-state index in [0.29, 0.717) is 16.0 Å². The number of hydrogen-bond acceptors (Lipinski definition) is 9. The monoisotopic (exact) mass is 512 g/mol. The van der Waals surface area contributed by atoms with Gasteiger partial charge in [-0.1, -0.05) is 26.0 Å². The predicted octanol–water partition coefficient (Wildman–Crippen LogP) is 5.04. The third-order valence-electron chi connectivity index (χ3n) is 4.47. The number of nitrogen functional groups attached to an aromatic ring is 1. The van der Waals surface area contributed by atoms with Crippen molar-refractivity contribution in [1.29, 1.82) is 0 Å². The van der Waals surface area contributed by atoms with E-state index in [9.17, 15) is 9.59 Å². The van der Waals surface area contributed by atoms with Crippen molar-refractivity contribution in [1.82, 2.24) is 19.9 Å². The van der Waals surface area contributed by atoms with Crippen LogP contribution in [0.1, 0.15) is 56.0 Å². The number of hydrogen-bond donors (Lipinski definition) is 3. The van der Waals surface area contributed by atoms with Crippen molar-refractivity contribution < 1.29 is 14.7 Å². The van der Waals surface area contributed by atoms with Crippen molar-refractivity contribution in [3.8, 4) is 0 Å². The van der Waals surface area contributed by atoms with E-state index in [0.717, 1.165) is 29.1 Å². The van der Waals surface area contributed by atoms with Crippen LogP contribution in [0, 0.1) is 13.8 Å². The van der Waals surface area contributed by atoms with Crippen LogP contribution in [0.15, 0.2) is 48.8 Å². The maximum atomic E-state index is 11.8. The summed E-state index contributed by atoms with van der Waals surface area (Å²) in [5.74, 6) is -1.21. The Morgan fingerprint density at radius 3 is 1.80 bits per heavy atom. The molecule has 9 nitrogen and oxygen atoms in total. The molecule has 11 heteroatoms. The van der Waals surface area contributed by atoms with Gasteiger partial charge >= 0.3 is 5.97 Å². The van der Waals surface area contributed by atoms with Crippen LogP contribution in [0.25, 0.3) is 0 Å². The Kier molecular flexibility index (Phi) is 10.9. The average molecular weight is 513 g/mol. The van der Waals surface area contributed by atoms with Crippen LogP contribution in [-0.2, 0) is 12.8 Å². The zero-order chi connectivity index (χ0) is 25.8. The molecule has 4 N–H and O–H groups in total. The summed E-state index contributed by atoms with van der Waals surface area (Å²) in [5.41, 5.74) is 8.11. The number of thiazole rings is 2. The standard InChI is InChI=1S/C12H13N3OS.C6H10N2S.C6H5NO2/c1-3-9-8(2)17-12(14-9)15-11(16)10-6-4-5-7-13-10;1-3-5-4(2)9-6(7)8-5;8-6(9)5-3-1-2-4-7-5/h4-7H,3H2,1-2H3,(H,14,15,16);3H2,1-2H3,(H2,7,8);1-4H,(H,8,9). The Balaban J connectivity index is 0.000000203. The molecule has 0 radical (unpaired) electrons. The Bertz CT molecular complexity index is 1230. The van der Waals surface area contributed by atoms with Crippen LogP contribution in [0.2, 0.25) is 0 Å². The lowest BCUT2D eigenvalue weighted by Crippen LogP contribution is -2.13. The third kappa shape index (κ3) is 8.87. The highest BCUT2D eigenvalue weighted by atomic mass is 32.1. The SMILES string of the molecule is CCc1nc(N)sc1C.CCc1nc(NC(=O)c2ccccn2)sc1C.O=C(O)c1ccccn1. The van der Waals surface area contributed by atoms with Gasteiger partial charge in [0, 0.05) is 22.1 Å². The summed E-state index contributed by atoms with van der Waals surface area (Å²) in [5, 5.41) is 12.4. The number of pyridine rings is 2. The first-order valence-corrected chi connectivity index (χ1v) is 12.4. The van der Waals surface area contributed by atoms with E-state index in [1.54, 1.807) is 47.9 Å². The van der Waals surface area contributed by atoms with E-state index in [1.165, 1.54) is 28.5 Å². The number of aryl methyl sites for hydroxylation is 4. The molecule has 0 aromatic carbocycles. The molecule has 0 fully saturated rings. The number of carbonyl (C=O) groups excluding carboxylic acids is 1. The lowest BCUT2D eigenvalue weighted by molar-refractivity contribution is 0.0690. The first-order chi connectivity index (χ1) is 16.7. The van der Waals surface area contributed by atoms with E-state index in [-0.39, 0.29) is 11.6 Å². The van der Waals surface area contributed by atoms with Crippen molar-refractivity contribution in [2.24, 2.45) is 0 Å². The molecule has 35 heavy (non-hydrogen) atoms. The Labute approximate surface area is 212 Å². The second kappa shape index (κ2) is 13.9. The van der Waals surface area contributed by atoms with Crippen molar-refractivity contribution in [3.05, 3.63) is 81.3 Å². The van der Waals surface area contributed by atoms with Gasteiger partial charge in [-0.05, 0) is 51.0 Å². The van der Waals surface area contributed by atoms with E-state index >= 15 is 0 Å². The minimum absolute atomic E-state index is 0.0810. The summed E-state index contributed by atoms with van der Waals surface area (Å²) in [7, 11) is 0. The molecule has 4 aromatic rings. The number of amides is 1. The lowest BCUT2D eigenvalue weighted by atomic mass is 10.3. The van der Waals surface area contributed by atoms with Gasteiger partial charge in [0.1, 0.15) is 11.4 Å². The Morgan fingerprint density at radius 2 is 1.43 bits per heavy atom. The highest BCUT2D eigenvalue weighted by molar-refractivity contribution is 7.16. The molecular formula is C24H28N6O3S2. The predicted molar refractivity (Wildman–Crippen MR) is 140 cm³/mol. The minimum Gasteiger partial charge on any atom is -0.477 e. The summed E-state index contributed by atoms with van der Waals surface area (Å²) in [4.78, 5) is 40.4. The molecule has 0 atom stereocenters. The zero-order valence-electron chi connectivity index (χ0n) is 20.0. The summed E-state index contributed by atoms with van der Waals surface area (Å²) in [6, 6.07) is 9.99. The van der Waals surface area contributed by atoms with Crippen LogP contribution in [0.3, 0.4) is 0 Å². The third-order valence-corrected chi connectivity index (χ3v) is 6.24. The lowest BCUT2D eigenvalue weighted by Gasteiger charge is -1.99. The average Bonchev–Trinajstić information content (AvgIpc) is 3.40. The maximum Gasteiger partial charge on any atom is 0.354 e. The topological polar surface area (TPSA) is 144 Å². The number of carboxylic acid groups (broad SMARTS) is 1. The molecule has 0 saturated heterocycles. The number of carboxylic acids is 1. The smallest absolute Gasteiger partial charge is 0.354 e. The number of carbonyl (C=O) groups is 2. The van der Waals surface area contributed by atoms with Crippen LogP contribution in [0.5, 0.6) is 0 Å². The molecule has 4 rings (SSSR count). The fourth-order valence-electron chi connectivity index (χ4n) is 2.74. The summed E-state index contributed by atoms with van der Waals surface area (Å²) in [6.07, 6.45) is 4.91. The Morgan fingerprint density at radius 1 is 0.886 bits per heavy atom. The molecular weight excluding hydrogens is 484 g/mol. The first kappa shape index (κ1) is 27.5. The van der Waals surface area contributed by atoms with Crippen LogP contribution < -0.4 is 11.1 Å². The zero-order valence-corrected chi connectivity index (χ0v) is 21.6. The maximum absolute atomic E-state index is 11.8. The fourth-order valence-corrected chi connectivity index (χ4v) is 4.41. The highest BCUT2D eigenvalue weighted by Gasteiger charge is 2.11. The summed E-state index contributed by atoms with van der Waals surface area (Å²) in [6.45, 7) is 8.19. The van der Waals surface area contributed by atoms with E-state index in [4.69, 9.17) is 10.8 Å². The van der Waals surface area contributed by atoms with Crippen LogP contribution in [-0.4, -0.2) is 36.9 Å². The molecule has 0 aliphatic heterocycles. The summed E-state index contributed by atoms with van der Waals surface area (Å²) < 4.78 is 0. The van der Waals surface area contributed by atoms with E-state index < -0.39 is 5.97 Å². The largest absolute Gasteiger partial charge is 0.477 e. The van der Waals surface area contributed by atoms with Gasteiger partial charge in [0.25, 0.3) is 5.91 Å². The molecule has 0 aliphatic rings. The molecule has 0 spiro atoms. The molecule has 0 bridgehead atoms. The van der Waals surface area contributed by atoms with Crippen molar-refractivity contribution >= 4 is 44.8 Å². The van der Waals surface area contributed by atoms with Gasteiger partial charge in [-0.3, -0.25) is 15.1 Å². The van der Waals surface area contributed by atoms with Gasteiger partial charge in [-0.25, -0.2) is 19.7 Å². The Hall–Kier alpha value is -3.70. The number of aromatic carboxylic acids is 1. The first-order valence-electron chi connectivity index (χ1n) is 10.8. The number of aromatic nitrogens is 4. The molecule has 4 aromatic heterocycles. The number of nitrogens with one attached hydrogen (secondary N) is 1. The molecule has 4 heterocycles. The molecule has 184 valence electrons. The quantitative estimate of drug-likeness (QED) is 0.337. The highest BCUT2D eigenvalue weighted by Crippen LogP contribution is 2.22. The van der Waals surface area contributed by atoms with Crippen LogP contribution >= 0.6 is 22.7 Å². The second-order valence-corrected chi connectivity index (χ2v) is 9.41. The van der Waals surface area contributed by atoms with Gasteiger partial charge in [-0.2, -0.15) is 0 Å². The number of nitrogens with two attached hydrogens (primary N) is 1. The van der Waals surface area contributed by atoms with Gasteiger partial charge < -0.3 is 10.8 Å². The van der Waals surface area contributed by atoms with Gasteiger partial charge in [-0.15, -0.1) is 22.7 Å². The molecule has 0 unspecified atom stereocenters. The van der Waals surface area contributed by atoms with E-state index in [1.807, 2.05) is 20.8 Å². The van der Waals surface area contributed by atoms with Gasteiger partial charge in [0.05, 0.1) is 11.4 Å². The van der Waals surface area contributed by atoms with Crippen molar-refractivity contribution in [2.75, 3.05) is 11.1 Å². The molecule has 0 aliphatic carbocycles. The summed E-state index contributed by atoms with van der Waals surface area (Å²) >= 11 is 3.05.